The number of hydrogen-bond acceptors (Lipinski definition) is 6. The number of nitrogens with one attached hydrogen (secondary N) is 2. The molecule has 27 heavy (non-hydrogen) atoms. The summed E-state index contributed by atoms with van der Waals surface area (Å²) in [6, 6.07) is -1.27. The average Bonchev–Trinajstić information content (AvgIpc) is 2.91. The first-order valence-corrected chi connectivity index (χ1v) is 8.81. The van der Waals surface area contributed by atoms with Crippen molar-refractivity contribution < 1.29 is 28.8 Å². The summed E-state index contributed by atoms with van der Waals surface area (Å²) in [6.07, 6.45) is 3.22. The third-order valence-electron chi connectivity index (χ3n) is 3.87. The summed E-state index contributed by atoms with van der Waals surface area (Å²) in [7, 11) is 0. The first kappa shape index (κ1) is 22.2. The minimum Gasteiger partial charge on any atom is -0.356 e. The summed E-state index contributed by atoms with van der Waals surface area (Å²) in [6.45, 7) is 3.34. The van der Waals surface area contributed by atoms with Gasteiger partial charge in [0.05, 0.1) is 6.42 Å². The standard InChI is InChI=1S/C18H25N3O6/c1-12(22)5-3-9-19-15(24)11-14(21-16(25)7-8-17(21)26)18(27)20-10-4-6-13(2)23/h7-8,14H,3-6,9-11H2,1-2H3,(H,19,24)(H,20,27)/t14-/m0/s1. The van der Waals surface area contributed by atoms with E-state index in [0.717, 1.165) is 17.1 Å². The van der Waals surface area contributed by atoms with E-state index in [4.69, 9.17) is 0 Å². The lowest BCUT2D eigenvalue weighted by Gasteiger charge is -2.25. The molecule has 9 nitrogen and oxygen atoms in total. The summed E-state index contributed by atoms with van der Waals surface area (Å²) in [5.74, 6) is -2.47. The first-order chi connectivity index (χ1) is 12.7. The van der Waals surface area contributed by atoms with Crippen LogP contribution >= 0.6 is 0 Å². The quantitative estimate of drug-likeness (QED) is 0.352. The van der Waals surface area contributed by atoms with Crippen LogP contribution in [-0.4, -0.2) is 59.2 Å². The van der Waals surface area contributed by atoms with Crippen molar-refractivity contribution >= 4 is 35.2 Å². The van der Waals surface area contributed by atoms with Crippen LogP contribution in [0.2, 0.25) is 0 Å². The predicted molar refractivity (Wildman–Crippen MR) is 95.2 cm³/mol. The van der Waals surface area contributed by atoms with Crippen molar-refractivity contribution in [3.63, 3.8) is 0 Å². The highest BCUT2D eigenvalue weighted by atomic mass is 16.2. The number of imide groups is 1. The van der Waals surface area contributed by atoms with Gasteiger partial charge in [-0.25, -0.2) is 0 Å². The fraction of sp³-hybridized carbons (Fsp3) is 0.556. The number of ketones is 2. The van der Waals surface area contributed by atoms with Gasteiger partial charge in [-0.05, 0) is 26.7 Å². The maximum absolute atomic E-state index is 12.4. The second-order valence-electron chi connectivity index (χ2n) is 6.35. The molecule has 2 N–H and O–H groups in total. The summed E-state index contributed by atoms with van der Waals surface area (Å²) in [5, 5.41) is 5.13. The Balaban J connectivity index is 2.65. The third kappa shape index (κ3) is 7.93. The molecule has 0 aromatic rings. The zero-order valence-electron chi connectivity index (χ0n) is 15.6. The molecule has 0 radical (unpaired) electrons. The monoisotopic (exact) mass is 379 g/mol. The van der Waals surface area contributed by atoms with E-state index in [0.29, 0.717) is 25.7 Å². The van der Waals surface area contributed by atoms with Gasteiger partial charge in [0.25, 0.3) is 11.8 Å². The van der Waals surface area contributed by atoms with Crippen LogP contribution in [0.1, 0.15) is 46.0 Å². The van der Waals surface area contributed by atoms with Crippen LogP contribution in [0, 0.1) is 0 Å². The number of hydrogen-bond donors (Lipinski definition) is 2. The SMILES string of the molecule is CC(=O)CCCNC(=O)C[C@@H](C(=O)NCCCC(C)=O)N1C(=O)C=CC1=O. The Bertz CT molecular complexity index is 637. The second kappa shape index (κ2) is 11.0. The van der Waals surface area contributed by atoms with E-state index in [1.165, 1.54) is 13.8 Å². The van der Waals surface area contributed by atoms with Crippen LogP contribution in [0.4, 0.5) is 0 Å². The summed E-state index contributed by atoms with van der Waals surface area (Å²) >= 11 is 0. The Labute approximate surface area is 157 Å². The van der Waals surface area contributed by atoms with Gasteiger partial charge in [-0.3, -0.25) is 24.1 Å². The Morgan fingerprint density at radius 3 is 1.85 bits per heavy atom. The van der Waals surface area contributed by atoms with Gasteiger partial charge in [0.15, 0.2) is 0 Å². The second-order valence-corrected chi connectivity index (χ2v) is 6.35. The third-order valence-corrected chi connectivity index (χ3v) is 3.87. The average molecular weight is 379 g/mol. The van der Waals surface area contributed by atoms with E-state index >= 15 is 0 Å². The number of carbonyl (C=O) groups is 6. The zero-order valence-corrected chi connectivity index (χ0v) is 15.6. The summed E-state index contributed by atoms with van der Waals surface area (Å²) in [4.78, 5) is 70.9. The molecular weight excluding hydrogens is 354 g/mol. The Morgan fingerprint density at radius 1 is 0.889 bits per heavy atom. The molecule has 1 atom stereocenters. The fourth-order valence-electron chi connectivity index (χ4n) is 2.50. The van der Waals surface area contributed by atoms with E-state index in [-0.39, 0.29) is 31.1 Å². The lowest BCUT2D eigenvalue weighted by atomic mass is 10.1. The molecule has 0 aromatic heterocycles. The van der Waals surface area contributed by atoms with Crippen molar-refractivity contribution in [3.05, 3.63) is 12.2 Å². The Morgan fingerprint density at radius 2 is 1.37 bits per heavy atom. The minimum absolute atomic E-state index is 0.00592. The predicted octanol–water partition coefficient (Wildman–Crippen LogP) is -0.359. The fourth-order valence-corrected chi connectivity index (χ4v) is 2.50. The van der Waals surface area contributed by atoms with Gasteiger partial charge in [-0.2, -0.15) is 0 Å². The van der Waals surface area contributed by atoms with E-state index in [2.05, 4.69) is 10.6 Å². The highest BCUT2D eigenvalue weighted by molar-refractivity contribution is 6.15. The van der Waals surface area contributed by atoms with E-state index in [1.807, 2.05) is 0 Å². The van der Waals surface area contributed by atoms with Crippen LogP contribution in [0.3, 0.4) is 0 Å². The molecule has 0 aliphatic carbocycles. The Kier molecular flexibility index (Phi) is 9.04. The maximum Gasteiger partial charge on any atom is 0.254 e. The number of carbonyl (C=O) groups excluding carboxylic acids is 6. The molecule has 0 saturated heterocycles. The first-order valence-electron chi connectivity index (χ1n) is 8.81. The normalized spacial score (nSPS) is 14.2. The van der Waals surface area contributed by atoms with Crippen molar-refractivity contribution in [3.8, 4) is 0 Å². The molecule has 0 aromatic carbocycles. The van der Waals surface area contributed by atoms with Crippen molar-refractivity contribution in [2.45, 2.75) is 52.0 Å². The molecule has 0 saturated carbocycles. The molecule has 0 spiro atoms. The van der Waals surface area contributed by atoms with Crippen LogP contribution < -0.4 is 10.6 Å². The molecule has 1 aliphatic heterocycles. The smallest absolute Gasteiger partial charge is 0.254 e. The molecule has 9 heteroatoms. The largest absolute Gasteiger partial charge is 0.356 e. The maximum atomic E-state index is 12.4. The van der Waals surface area contributed by atoms with Crippen LogP contribution in [-0.2, 0) is 28.8 Å². The molecular formula is C18H25N3O6. The van der Waals surface area contributed by atoms with Crippen molar-refractivity contribution in [1.82, 2.24) is 15.5 Å². The van der Waals surface area contributed by atoms with E-state index < -0.39 is 29.7 Å². The van der Waals surface area contributed by atoms with Gasteiger partial charge in [0.2, 0.25) is 11.8 Å². The minimum atomic E-state index is -1.27. The van der Waals surface area contributed by atoms with E-state index in [1.54, 1.807) is 0 Å². The molecule has 0 unspecified atom stereocenters. The summed E-state index contributed by atoms with van der Waals surface area (Å²) in [5.41, 5.74) is 0. The highest BCUT2D eigenvalue weighted by Gasteiger charge is 2.37. The number of rotatable bonds is 12. The van der Waals surface area contributed by atoms with Gasteiger partial charge < -0.3 is 20.2 Å². The number of Topliss-reactive ketones (excluding diaryl/α,β-unsaturated/α-hetero) is 2. The van der Waals surface area contributed by atoms with Gasteiger partial charge in [0, 0.05) is 38.1 Å². The molecule has 0 fully saturated rings. The lowest BCUT2D eigenvalue weighted by molar-refractivity contribution is -0.146. The van der Waals surface area contributed by atoms with Crippen molar-refractivity contribution in [2.75, 3.05) is 13.1 Å². The molecule has 148 valence electrons. The molecule has 1 aliphatic rings. The molecule has 4 amide bonds. The molecule has 1 rings (SSSR count). The lowest BCUT2D eigenvalue weighted by Crippen LogP contribution is -2.51. The molecule has 0 bridgehead atoms. The molecule has 1 heterocycles. The van der Waals surface area contributed by atoms with Crippen LogP contribution in [0.5, 0.6) is 0 Å². The topological polar surface area (TPSA) is 130 Å². The van der Waals surface area contributed by atoms with Crippen LogP contribution in [0.15, 0.2) is 12.2 Å². The van der Waals surface area contributed by atoms with Gasteiger partial charge >= 0.3 is 0 Å². The van der Waals surface area contributed by atoms with Crippen molar-refractivity contribution in [1.29, 1.82) is 0 Å². The van der Waals surface area contributed by atoms with Crippen molar-refractivity contribution in [2.24, 2.45) is 0 Å². The Hall–Kier alpha value is -2.84. The van der Waals surface area contributed by atoms with Gasteiger partial charge in [0.1, 0.15) is 17.6 Å². The van der Waals surface area contributed by atoms with E-state index in [9.17, 15) is 28.8 Å². The number of nitrogens with zero attached hydrogens (tertiary/aromatic N) is 1. The van der Waals surface area contributed by atoms with Gasteiger partial charge in [-0.15, -0.1) is 0 Å². The zero-order chi connectivity index (χ0) is 20.4. The summed E-state index contributed by atoms with van der Waals surface area (Å²) < 4.78 is 0. The van der Waals surface area contributed by atoms with Gasteiger partial charge in [-0.1, -0.05) is 0 Å². The highest BCUT2D eigenvalue weighted by Crippen LogP contribution is 2.13. The number of amides is 4. The van der Waals surface area contributed by atoms with Crippen LogP contribution in [0.25, 0.3) is 0 Å².